The van der Waals surface area contributed by atoms with Gasteiger partial charge in [-0.05, 0) is 112 Å². The molecule has 1 saturated heterocycles. The maximum atomic E-state index is 12.4. The molecule has 0 amide bonds. The molecule has 4 N–H and O–H groups in total. The predicted octanol–water partition coefficient (Wildman–Crippen LogP) is 3.83. The second-order valence-electron chi connectivity index (χ2n) is 15.9. The zero-order valence-corrected chi connectivity index (χ0v) is 23.0. The van der Waals surface area contributed by atoms with Gasteiger partial charge in [0.1, 0.15) is 11.2 Å². The van der Waals surface area contributed by atoms with Crippen LogP contribution >= 0.6 is 0 Å². The molecule has 6 aliphatic carbocycles. The van der Waals surface area contributed by atoms with Crippen molar-refractivity contribution in [2.45, 2.75) is 128 Å². The lowest BCUT2D eigenvalue weighted by atomic mass is 9.72. The Morgan fingerprint density at radius 1 is 0.583 bits per heavy atom. The lowest BCUT2D eigenvalue weighted by Crippen LogP contribution is -2.53. The first-order chi connectivity index (χ1) is 16.6. The van der Waals surface area contributed by atoms with Crippen LogP contribution in [0.25, 0.3) is 0 Å². The topological polar surface area (TPSA) is 99.4 Å². The average molecular weight is 505 g/mol. The molecule has 0 unspecified atom stereocenters. The molecular formula is C30H48O6. The highest BCUT2D eigenvalue weighted by Crippen LogP contribution is 2.75. The number of aliphatic hydroxyl groups is 4. The van der Waals surface area contributed by atoms with Gasteiger partial charge in [0.25, 0.3) is 0 Å². The molecule has 0 bridgehead atoms. The van der Waals surface area contributed by atoms with Gasteiger partial charge in [0.15, 0.2) is 12.6 Å². The Morgan fingerprint density at radius 2 is 1.06 bits per heavy atom. The second kappa shape index (κ2) is 6.90. The molecule has 14 atom stereocenters. The summed E-state index contributed by atoms with van der Waals surface area (Å²) in [6.45, 7) is 13.2. The maximum Gasteiger partial charge on any atom is 0.190 e. The Kier molecular flexibility index (Phi) is 4.75. The summed E-state index contributed by atoms with van der Waals surface area (Å²) in [4.78, 5) is 0. The van der Waals surface area contributed by atoms with Crippen LogP contribution in [0.2, 0.25) is 0 Å². The lowest BCUT2D eigenvalue weighted by molar-refractivity contribution is -0.236. The molecule has 1 spiro atoms. The number of rotatable bonds is 1. The third-order valence-electron chi connectivity index (χ3n) is 13.7. The van der Waals surface area contributed by atoms with E-state index < -0.39 is 35.0 Å². The molecule has 7 rings (SSSR count). The van der Waals surface area contributed by atoms with Crippen LogP contribution in [0.1, 0.15) is 92.9 Å². The van der Waals surface area contributed by atoms with Crippen molar-refractivity contribution in [2.75, 3.05) is 0 Å². The summed E-state index contributed by atoms with van der Waals surface area (Å²) in [5, 5.41) is 46.9. The van der Waals surface area contributed by atoms with Gasteiger partial charge in [0.2, 0.25) is 0 Å². The van der Waals surface area contributed by atoms with Crippen molar-refractivity contribution >= 4 is 0 Å². The molecule has 6 heteroatoms. The van der Waals surface area contributed by atoms with E-state index in [4.69, 9.17) is 9.47 Å². The van der Waals surface area contributed by atoms with Gasteiger partial charge in [-0.3, -0.25) is 0 Å². The third kappa shape index (κ3) is 2.85. The third-order valence-corrected chi connectivity index (χ3v) is 13.7. The number of hydrogen-bond donors (Lipinski definition) is 4. The van der Waals surface area contributed by atoms with Crippen LogP contribution in [0.3, 0.4) is 0 Å². The molecule has 0 aromatic rings. The predicted molar refractivity (Wildman–Crippen MR) is 133 cm³/mol. The highest BCUT2D eigenvalue weighted by Gasteiger charge is 2.77. The largest absolute Gasteiger partial charge is 0.390 e. The van der Waals surface area contributed by atoms with Crippen molar-refractivity contribution in [1.29, 1.82) is 0 Å². The summed E-state index contributed by atoms with van der Waals surface area (Å²) < 4.78 is 13.2. The van der Waals surface area contributed by atoms with E-state index in [0.29, 0.717) is 36.5 Å². The molecule has 0 aromatic carbocycles. The van der Waals surface area contributed by atoms with Crippen LogP contribution in [0, 0.1) is 58.2 Å². The molecule has 0 radical (unpaired) electrons. The van der Waals surface area contributed by atoms with Gasteiger partial charge in [-0.25, -0.2) is 0 Å². The van der Waals surface area contributed by atoms with Crippen molar-refractivity contribution in [3.8, 4) is 0 Å². The summed E-state index contributed by atoms with van der Waals surface area (Å²) in [6.07, 6.45) is 4.27. The van der Waals surface area contributed by atoms with Crippen LogP contribution in [-0.4, -0.2) is 55.4 Å². The van der Waals surface area contributed by atoms with E-state index in [1.54, 1.807) is 0 Å². The first kappa shape index (κ1) is 24.8. The summed E-state index contributed by atoms with van der Waals surface area (Å²) in [6, 6.07) is 0. The van der Waals surface area contributed by atoms with Gasteiger partial charge in [-0.1, -0.05) is 27.7 Å². The molecule has 6 saturated carbocycles. The molecule has 36 heavy (non-hydrogen) atoms. The second-order valence-corrected chi connectivity index (χ2v) is 15.9. The van der Waals surface area contributed by atoms with Gasteiger partial charge < -0.3 is 29.9 Å². The fourth-order valence-corrected chi connectivity index (χ4v) is 11.5. The molecule has 1 aliphatic heterocycles. The lowest BCUT2D eigenvalue weighted by Gasteiger charge is -2.42. The highest BCUT2D eigenvalue weighted by molar-refractivity contribution is 5.23. The SMILES string of the molecule is CC1(C)[C@H]2[C@H]3[C@@H](CC[C@@]3(O)[C@@H]3O[C@@H](O)[C@@]4(CC[C@@H]5[C@@H]4[C@H]4[C@@H](CC[C@@]5(C)O)C4(C)C)O3)[C@](C)(O)CC[C@H]21. The van der Waals surface area contributed by atoms with E-state index in [0.717, 1.165) is 38.5 Å². The van der Waals surface area contributed by atoms with Crippen LogP contribution in [0.5, 0.6) is 0 Å². The summed E-state index contributed by atoms with van der Waals surface area (Å²) in [5.41, 5.74) is -3.41. The maximum absolute atomic E-state index is 12.4. The van der Waals surface area contributed by atoms with Crippen LogP contribution in [0.4, 0.5) is 0 Å². The fourth-order valence-electron chi connectivity index (χ4n) is 11.5. The molecule has 0 aromatic heterocycles. The smallest absolute Gasteiger partial charge is 0.190 e. The Morgan fingerprint density at radius 3 is 1.64 bits per heavy atom. The summed E-state index contributed by atoms with van der Waals surface area (Å²) >= 11 is 0. The first-order valence-electron chi connectivity index (χ1n) is 14.8. The molecule has 6 nitrogen and oxygen atoms in total. The Balaban J connectivity index is 1.24. The van der Waals surface area contributed by atoms with Gasteiger partial charge in [0, 0.05) is 11.8 Å². The minimum absolute atomic E-state index is 0.00172. The Bertz CT molecular complexity index is 957. The highest BCUT2D eigenvalue weighted by atomic mass is 16.8. The number of aliphatic hydroxyl groups excluding tert-OH is 1. The quantitative estimate of drug-likeness (QED) is 0.433. The zero-order valence-electron chi connectivity index (χ0n) is 23.0. The van der Waals surface area contributed by atoms with Crippen molar-refractivity contribution in [3.05, 3.63) is 0 Å². The minimum Gasteiger partial charge on any atom is -0.390 e. The van der Waals surface area contributed by atoms with Crippen LogP contribution < -0.4 is 0 Å². The van der Waals surface area contributed by atoms with Gasteiger partial charge in [0.05, 0.1) is 11.2 Å². The van der Waals surface area contributed by atoms with Gasteiger partial charge in [-0.2, -0.15) is 0 Å². The van der Waals surface area contributed by atoms with Crippen LogP contribution in [-0.2, 0) is 9.47 Å². The average Bonchev–Trinajstić information content (AvgIpc) is 3.21. The Hall–Kier alpha value is -0.240. The molecule has 7 fully saturated rings. The molecule has 1 heterocycles. The van der Waals surface area contributed by atoms with Gasteiger partial charge >= 0.3 is 0 Å². The van der Waals surface area contributed by atoms with E-state index in [9.17, 15) is 20.4 Å². The van der Waals surface area contributed by atoms with E-state index in [2.05, 4.69) is 27.7 Å². The van der Waals surface area contributed by atoms with E-state index >= 15 is 0 Å². The van der Waals surface area contributed by atoms with Crippen molar-refractivity contribution in [2.24, 2.45) is 58.2 Å². The Labute approximate surface area is 216 Å². The molecule has 204 valence electrons. The molecular weight excluding hydrogens is 456 g/mol. The number of hydrogen-bond acceptors (Lipinski definition) is 6. The first-order valence-corrected chi connectivity index (χ1v) is 14.8. The van der Waals surface area contributed by atoms with E-state index in [-0.39, 0.29) is 34.5 Å². The standard InChI is InChI=1S/C30H48O6/c1-25(2)15-7-11-27(5,32)17-9-13-29(34,21(17)19(15)25)24-35-23(31)30(36-24)14-10-18-22(30)20-16(26(20,3)4)8-12-28(18,6)33/h15-24,31-34H,7-14H2,1-6H3/t15-,16-,17-,18-,19-,20-,21-,22-,23-,24-,27-,28-,29+,30+/m1/s1. The summed E-state index contributed by atoms with van der Waals surface area (Å²) in [7, 11) is 0. The van der Waals surface area contributed by atoms with Crippen molar-refractivity contribution in [1.82, 2.24) is 0 Å². The number of fused-ring (bicyclic) bond motifs is 7. The minimum atomic E-state index is -1.23. The summed E-state index contributed by atoms with van der Waals surface area (Å²) in [5.74, 6) is 1.68. The van der Waals surface area contributed by atoms with Crippen LogP contribution in [0.15, 0.2) is 0 Å². The monoisotopic (exact) mass is 504 g/mol. The zero-order chi connectivity index (χ0) is 25.8. The fraction of sp³-hybridized carbons (Fsp3) is 1.00. The normalized spacial score (nSPS) is 64.2. The van der Waals surface area contributed by atoms with E-state index in [1.807, 2.05) is 13.8 Å². The molecule has 7 aliphatic rings. The van der Waals surface area contributed by atoms with Crippen molar-refractivity contribution in [3.63, 3.8) is 0 Å². The number of ether oxygens (including phenoxy) is 2. The van der Waals surface area contributed by atoms with E-state index in [1.165, 1.54) is 0 Å². The van der Waals surface area contributed by atoms with Gasteiger partial charge in [-0.15, -0.1) is 0 Å². The van der Waals surface area contributed by atoms with Crippen molar-refractivity contribution < 1.29 is 29.9 Å².